The molecule has 0 aliphatic carbocycles. The summed E-state index contributed by atoms with van der Waals surface area (Å²) < 4.78 is 6.65. The molecule has 3 heteroatoms. The Kier molecular flexibility index (Phi) is 6.81. The Hall–Kier alpha value is -6.84. The molecule has 0 spiro atoms. The Morgan fingerprint density at radius 1 is 0.373 bits per heavy atom. The fourth-order valence-corrected chi connectivity index (χ4v) is 7.37. The first-order valence-electron chi connectivity index (χ1n) is 17.2. The average Bonchev–Trinajstić information content (AvgIpc) is 3.65. The number of hydrogen-bond acceptors (Lipinski definition) is 3. The van der Waals surface area contributed by atoms with Gasteiger partial charge in [0.05, 0.1) is 0 Å². The molecule has 0 aliphatic heterocycles. The van der Waals surface area contributed by atoms with Crippen molar-refractivity contribution in [1.82, 2.24) is 9.97 Å². The van der Waals surface area contributed by atoms with Crippen molar-refractivity contribution in [2.75, 3.05) is 0 Å². The number of rotatable bonds is 5. The molecule has 10 rings (SSSR count). The third-order valence-corrected chi connectivity index (χ3v) is 9.98. The van der Waals surface area contributed by atoms with Gasteiger partial charge in [-0.25, -0.2) is 4.98 Å². The van der Waals surface area contributed by atoms with E-state index in [1.54, 1.807) is 6.20 Å². The van der Waals surface area contributed by atoms with Crippen molar-refractivity contribution < 1.29 is 4.42 Å². The van der Waals surface area contributed by atoms with E-state index in [2.05, 4.69) is 169 Å². The van der Waals surface area contributed by atoms with Crippen molar-refractivity contribution in [3.05, 3.63) is 182 Å². The number of pyridine rings is 1. The minimum absolute atomic E-state index is 0.601. The predicted octanol–water partition coefficient (Wildman–Crippen LogP) is 13.0. The van der Waals surface area contributed by atoms with E-state index in [0.29, 0.717) is 5.89 Å². The first kappa shape index (κ1) is 29.1. The number of benzene rings is 8. The van der Waals surface area contributed by atoms with E-state index in [9.17, 15) is 0 Å². The Morgan fingerprint density at radius 2 is 1.02 bits per heavy atom. The van der Waals surface area contributed by atoms with E-state index in [4.69, 9.17) is 9.40 Å². The Bertz CT molecular complexity index is 2890. The molecule has 51 heavy (non-hydrogen) atoms. The van der Waals surface area contributed by atoms with Gasteiger partial charge in [0.25, 0.3) is 0 Å². The van der Waals surface area contributed by atoms with Crippen LogP contribution in [-0.4, -0.2) is 9.97 Å². The van der Waals surface area contributed by atoms with Gasteiger partial charge in [-0.3, -0.25) is 4.98 Å². The molecule has 2 aromatic heterocycles. The van der Waals surface area contributed by atoms with E-state index < -0.39 is 0 Å². The van der Waals surface area contributed by atoms with Gasteiger partial charge < -0.3 is 4.42 Å². The summed E-state index contributed by atoms with van der Waals surface area (Å²) in [6.07, 6.45) is 3.70. The number of aromatic nitrogens is 2. The molecule has 3 nitrogen and oxygen atoms in total. The summed E-state index contributed by atoms with van der Waals surface area (Å²) in [5.41, 5.74) is 11.4. The largest absolute Gasteiger partial charge is 0.436 e. The lowest BCUT2D eigenvalue weighted by Gasteiger charge is -2.13. The molecule has 8 aromatic carbocycles. The van der Waals surface area contributed by atoms with Crippen LogP contribution in [0.2, 0.25) is 0 Å². The van der Waals surface area contributed by atoms with Gasteiger partial charge >= 0.3 is 0 Å². The van der Waals surface area contributed by atoms with Gasteiger partial charge in [-0.1, -0.05) is 127 Å². The summed E-state index contributed by atoms with van der Waals surface area (Å²) >= 11 is 0. The number of nitrogens with zero attached hydrogens (tertiary/aromatic N) is 2. The van der Waals surface area contributed by atoms with Crippen LogP contribution in [0.3, 0.4) is 0 Å². The molecule has 0 amide bonds. The SMILES string of the molecule is c1cncc(-c2ccc(-c3cc(-c4cc5ccccc5c5ccccc45)cc4oc(-c5ccc(-c6ccc7ccccc7c6)cc5)nc34)cc2)c1. The summed E-state index contributed by atoms with van der Waals surface area (Å²) in [5.74, 6) is 0.601. The molecule has 0 fully saturated rings. The minimum Gasteiger partial charge on any atom is -0.436 e. The standard InChI is InChI=1S/C48H30N2O/c1-2-9-36-26-37(24-19-31(36)8-1)32-17-22-35(23-18-32)48-50-47-45(34-20-15-33(16-21-34)39-11-7-25-49-30-39)28-40(29-46(47)51-48)44-27-38-10-3-4-12-41(38)42-13-5-6-14-43(42)44/h1-30H. The second kappa shape index (κ2) is 11.9. The number of fused-ring (bicyclic) bond motifs is 5. The second-order valence-electron chi connectivity index (χ2n) is 13.0. The Morgan fingerprint density at radius 3 is 1.80 bits per heavy atom. The molecule has 0 saturated heterocycles. The molecule has 0 bridgehead atoms. The van der Waals surface area contributed by atoms with Crippen molar-refractivity contribution in [2.24, 2.45) is 0 Å². The van der Waals surface area contributed by atoms with Crippen molar-refractivity contribution in [2.45, 2.75) is 0 Å². The van der Waals surface area contributed by atoms with Crippen LogP contribution >= 0.6 is 0 Å². The lowest BCUT2D eigenvalue weighted by Crippen LogP contribution is -1.88. The maximum absolute atomic E-state index is 6.65. The number of hydrogen-bond donors (Lipinski definition) is 0. The van der Waals surface area contributed by atoms with Crippen LogP contribution in [0, 0.1) is 0 Å². The summed E-state index contributed by atoms with van der Waals surface area (Å²) in [4.78, 5) is 9.47. The molecule has 0 aliphatic rings. The summed E-state index contributed by atoms with van der Waals surface area (Å²) in [5, 5.41) is 7.36. The summed E-state index contributed by atoms with van der Waals surface area (Å²) in [7, 11) is 0. The van der Waals surface area contributed by atoms with Crippen LogP contribution in [0.15, 0.2) is 187 Å². The molecule has 0 unspecified atom stereocenters. The van der Waals surface area contributed by atoms with Gasteiger partial charge in [0.15, 0.2) is 5.58 Å². The molecule has 10 aromatic rings. The van der Waals surface area contributed by atoms with E-state index in [-0.39, 0.29) is 0 Å². The zero-order chi connectivity index (χ0) is 33.7. The highest BCUT2D eigenvalue weighted by Gasteiger charge is 2.18. The summed E-state index contributed by atoms with van der Waals surface area (Å²) in [6.45, 7) is 0. The fraction of sp³-hybridized carbons (Fsp3) is 0. The molecule has 238 valence electrons. The first-order valence-corrected chi connectivity index (χ1v) is 17.2. The maximum Gasteiger partial charge on any atom is 0.227 e. The molecule has 0 N–H and O–H groups in total. The molecule has 0 atom stereocenters. The lowest BCUT2D eigenvalue weighted by atomic mass is 9.91. The topological polar surface area (TPSA) is 38.9 Å². The zero-order valence-corrected chi connectivity index (χ0v) is 27.6. The van der Waals surface area contributed by atoms with Crippen LogP contribution in [0.4, 0.5) is 0 Å². The van der Waals surface area contributed by atoms with Crippen LogP contribution < -0.4 is 0 Å². The van der Waals surface area contributed by atoms with Gasteiger partial charge in [-0.15, -0.1) is 0 Å². The molecule has 0 saturated carbocycles. The van der Waals surface area contributed by atoms with Crippen LogP contribution in [0.25, 0.3) is 99.4 Å². The van der Waals surface area contributed by atoms with Gasteiger partial charge in [-0.05, 0) is 114 Å². The molecular formula is C48H30N2O. The third-order valence-electron chi connectivity index (χ3n) is 9.98. The fourth-order valence-electron chi connectivity index (χ4n) is 7.37. The van der Waals surface area contributed by atoms with Gasteiger partial charge in [-0.2, -0.15) is 0 Å². The minimum atomic E-state index is 0.601. The van der Waals surface area contributed by atoms with Gasteiger partial charge in [0, 0.05) is 23.5 Å². The van der Waals surface area contributed by atoms with Gasteiger partial charge in [0.1, 0.15) is 5.52 Å². The highest BCUT2D eigenvalue weighted by atomic mass is 16.3. The lowest BCUT2D eigenvalue weighted by molar-refractivity contribution is 0.620. The monoisotopic (exact) mass is 650 g/mol. The third kappa shape index (κ3) is 5.15. The van der Waals surface area contributed by atoms with Crippen molar-refractivity contribution >= 4 is 43.4 Å². The number of oxazole rings is 1. The molecule has 0 radical (unpaired) electrons. The van der Waals surface area contributed by atoms with Crippen molar-refractivity contribution in [3.8, 4) is 56.0 Å². The van der Waals surface area contributed by atoms with E-state index >= 15 is 0 Å². The maximum atomic E-state index is 6.65. The quantitative estimate of drug-likeness (QED) is 0.174. The van der Waals surface area contributed by atoms with Gasteiger partial charge in [0.2, 0.25) is 5.89 Å². The van der Waals surface area contributed by atoms with Crippen LogP contribution in [-0.2, 0) is 0 Å². The second-order valence-corrected chi connectivity index (χ2v) is 13.0. The molecule has 2 heterocycles. The highest BCUT2D eigenvalue weighted by molar-refractivity contribution is 6.14. The smallest absolute Gasteiger partial charge is 0.227 e. The Labute approximate surface area is 295 Å². The van der Waals surface area contributed by atoms with Crippen molar-refractivity contribution in [3.63, 3.8) is 0 Å². The summed E-state index contributed by atoms with van der Waals surface area (Å²) in [6, 6.07) is 60.3. The predicted molar refractivity (Wildman–Crippen MR) is 212 cm³/mol. The first-order chi connectivity index (χ1) is 25.2. The van der Waals surface area contributed by atoms with E-state index in [1.165, 1.54) is 37.9 Å². The Balaban J connectivity index is 1.12. The zero-order valence-electron chi connectivity index (χ0n) is 27.6. The van der Waals surface area contributed by atoms with E-state index in [1.807, 2.05) is 12.3 Å². The molecular weight excluding hydrogens is 621 g/mol. The normalized spacial score (nSPS) is 11.5. The highest BCUT2D eigenvalue weighted by Crippen LogP contribution is 2.41. The van der Waals surface area contributed by atoms with Crippen LogP contribution in [0.5, 0.6) is 0 Å². The van der Waals surface area contributed by atoms with E-state index in [0.717, 1.165) is 55.6 Å². The van der Waals surface area contributed by atoms with Crippen molar-refractivity contribution in [1.29, 1.82) is 0 Å². The van der Waals surface area contributed by atoms with Crippen LogP contribution in [0.1, 0.15) is 0 Å². The average molecular weight is 651 g/mol.